The molecule has 0 aliphatic carbocycles. The molecular weight excluding hydrogens is 433 g/mol. The molecule has 0 saturated carbocycles. The number of carboxylic acid groups (broad SMARTS) is 1. The zero-order valence-corrected chi connectivity index (χ0v) is 17.8. The van der Waals surface area contributed by atoms with Crippen LogP contribution >= 0.6 is 11.6 Å². The van der Waals surface area contributed by atoms with Crippen molar-refractivity contribution in [1.82, 2.24) is 4.98 Å². The van der Waals surface area contributed by atoms with Crippen LogP contribution in [0, 0.1) is 5.82 Å². The molecule has 1 aliphatic rings. The molecule has 6 nitrogen and oxygen atoms in total. The Morgan fingerprint density at radius 2 is 2.00 bits per heavy atom. The molecule has 4 rings (SSSR count). The lowest BCUT2D eigenvalue weighted by Crippen LogP contribution is -2.36. The maximum atomic E-state index is 13.5. The minimum Gasteiger partial charge on any atom is -0.478 e. The van der Waals surface area contributed by atoms with Crippen molar-refractivity contribution in [3.8, 4) is 11.1 Å². The average Bonchev–Trinajstić information content (AvgIpc) is 2.81. The third-order valence-corrected chi connectivity index (χ3v) is 5.33. The number of anilines is 3. The highest BCUT2D eigenvalue weighted by Crippen LogP contribution is 2.34. The van der Waals surface area contributed by atoms with Crippen molar-refractivity contribution >= 4 is 40.8 Å². The zero-order valence-electron chi connectivity index (χ0n) is 17.1. The Labute approximate surface area is 189 Å². The van der Waals surface area contributed by atoms with Gasteiger partial charge in [-0.05, 0) is 41.5 Å². The first kappa shape index (κ1) is 21.8. The van der Waals surface area contributed by atoms with Gasteiger partial charge in [0.15, 0.2) is 0 Å². The first-order valence-corrected chi connectivity index (χ1v) is 10.4. The molecule has 1 aromatic heterocycles. The Balaban J connectivity index is 1.71. The Kier molecular flexibility index (Phi) is 6.68. The van der Waals surface area contributed by atoms with Gasteiger partial charge in [0, 0.05) is 48.4 Å². The van der Waals surface area contributed by atoms with Gasteiger partial charge in [-0.3, -0.25) is 0 Å². The van der Waals surface area contributed by atoms with Crippen LogP contribution < -0.4 is 10.2 Å². The van der Waals surface area contributed by atoms with Crippen molar-refractivity contribution < 1.29 is 19.0 Å². The number of carbonyl (C=O) groups is 1. The van der Waals surface area contributed by atoms with E-state index in [2.05, 4.69) is 15.2 Å². The summed E-state index contributed by atoms with van der Waals surface area (Å²) in [5.41, 5.74) is 4.22. The van der Waals surface area contributed by atoms with Crippen molar-refractivity contribution in [2.45, 2.75) is 0 Å². The number of halogens is 2. The van der Waals surface area contributed by atoms with Crippen molar-refractivity contribution in [3.63, 3.8) is 0 Å². The number of aromatic nitrogens is 1. The van der Waals surface area contributed by atoms with E-state index < -0.39 is 11.8 Å². The minimum atomic E-state index is -0.998. The summed E-state index contributed by atoms with van der Waals surface area (Å²) in [5, 5.41) is 12.1. The average molecular weight is 454 g/mol. The SMILES string of the molecule is O=C(O)C=Cc1cccc(-c2cnc(Nc3ccc(F)c(Cl)c3)cc2N2CCOCC2)c1. The van der Waals surface area contributed by atoms with Crippen molar-refractivity contribution in [3.05, 3.63) is 77.2 Å². The number of hydrogen-bond donors (Lipinski definition) is 2. The van der Waals surface area contributed by atoms with E-state index in [-0.39, 0.29) is 5.02 Å². The molecule has 1 fully saturated rings. The van der Waals surface area contributed by atoms with Crippen molar-refractivity contribution in [2.24, 2.45) is 0 Å². The van der Waals surface area contributed by atoms with Crippen LogP contribution in [0.5, 0.6) is 0 Å². The summed E-state index contributed by atoms with van der Waals surface area (Å²) >= 11 is 5.90. The zero-order chi connectivity index (χ0) is 22.5. The van der Waals surface area contributed by atoms with Crippen molar-refractivity contribution in [2.75, 3.05) is 36.5 Å². The molecule has 0 amide bonds. The molecule has 2 N–H and O–H groups in total. The Morgan fingerprint density at radius 1 is 1.19 bits per heavy atom. The topological polar surface area (TPSA) is 74.7 Å². The van der Waals surface area contributed by atoms with E-state index in [0.29, 0.717) is 24.7 Å². The van der Waals surface area contributed by atoms with Gasteiger partial charge in [-0.2, -0.15) is 0 Å². The van der Waals surface area contributed by atoms with Crippen LogP contribution in [0.25, 0.3) is 17.2 Å². The van der Waals surface area contributed by atoms with Gasteiger partial charge >= 0.3 is 5.97 Å². The van der Waals surface area contributed by atoms with E-state index in [4.69, 9.17) is 21.4 Å². The molecule has 0 atom stereocenters. The molecule has 2 heterocycles. The van der Waals surface area contributed by atoms with Gasteiger partial charge < -0.3 is 20.1 Å². The molecule has 0 spiro atoms. The molecule has 8 heteroatoms. The predicted molar refractivity (Wildman–Crippen MR) is 124 cm³/mol. The van der Waals surface area contributed by atoms with E-state index in [1.165, 1.54) is 12.1 Å². The van der Waals surface area contributed by atoms with Crippen LogP contribution in [0.4, 0.5) is 21.6 Å². The highest BCUT2D eigenvalue weighted by Gasteiger charge is 2.17. The number of ether oxygens (including phenoxy) is 1. The molecular formula is C24H21ClFN3O3. The molecule has 164 valence electrons. The summed E-state index contributed by atoms with van der Waals surface area (Å²) in [5.74, 6) is -0.881. The lowest BCUT2D eigenvalue weighted by Gasteiger charge is -2.31. The Morgan fingerprint density at radius 3 is 2.75 bits per heavy atom. The van der Waals surface area contributed by atoms with E-state index in [1.54, 1.807) is 18.3 Å². The second kappa shape index (κ2) is 9.80. The first-order chi connectivity index (χ1) is 15.5. The van der Waals surface area contributed by atoms with Gasteiger partial charge in [0.1, 0.15) is 11.6 Å². The lowest BCUT2D eigenvalue weighted by molar-refractivity contribution is -0.131. The van der Waals surface area contributed by atoms with E-state index in [1.807, 2.05) is 30.3 Å². The van der Waals surface area contributed by atoms with Crippen LogP contribution in [0.1, 0.15) is 5.56 Å². The van der Waals surface area contributed by atoms with Gasteiger partial charge in [-0.1, -0.05) is 29.8 Å². The maximum absolute atomic E-state index is 13.5. The summed E-state index contributed by atoms with van der Waals surface area (Å²) in [4.78, 5) is 17.6. The fourth-order valence-electron chi connectivity index (χ4n) is 3.50. The van der Waals surface area contributed by atoms with Gasteiger partial charge in [0.2, 0.25) is 0 Å². The van der Waals surface area contributed by atoms with Gasteiger partial charge in [-0.25, -0.2) is 14.2 Å². The number of rotatable bonds is 6. The number of benzene rings is 2. The third kappa shape index (κ3) is 5.25. The second-order valence-corrected chi connectivity index (χ2v) is 7.64. The number of nitrogens with zero attached hydrogens (tertiary/aromatic N) is 2. The smallest absolute Gasteiger partial charge is 0.328 e. The number of morpholine rings is 1. The number of aliphatic carboxylic acids is 1. The number of nitrogens with one attached hydrogen (secondary N) is 1. The molecule has 3 aromatic rings. The number of carboxylic acids is 1. The number of hydrogen-bond acceptors (Lipinski definition) is 5. The predicted octanol–water partition coefficient (Wildman–Crippen LogP) is 5.22. The number of pyridine rings is 1. The summed E-state index contributed by atoms with van der Waals surface area (Å²) in [7, 11) is 0. The van der Waals surface area contributed by atoms with Gasteiger partial charge in [0.25, 0.3) is 0 Å². The lowest BCUT2D eigenvalue weighted by atomic mass is 10.0. The molecule has 1 aliphatic heterocycles. The largest absolute Gasteiger partial charge is 0.478 e. The minimum absolute atomic E-state index is 0.0336. The van der Waals surface area contributed by atoms with E-state index in [0.717, 1.165) is 41.5 Å². The monoisotopic (exact) mass is 453 g/mol. The van der Waals surface area contributed by atoms with Gasteiger partial charge in [-0.15, -0.1) is 0 Å². The van der Waals surface area contributed by atoms with Crippen molar-refractivity contribution in [1.29, 1.82) is 0 Å². The first-order valence-electron chi connectivity index (χ1n) is 10.1. The molecule has 32 heavy (non-hydrogen) atoms. The van der Waals surface area contributed by atoms with Gasteiger partial charge in [0.05, 0.1) is 18.2 Å². The molecule has 0 bridgehead atoms. The standard InChI is InChI=1S/C24H21ClFN3O3/c25-20-13-18(5-6-21(20)26)28-23-14-22(29-8-10-32-11-9-29)19(15-27-23)17-3-1-2-16(12-17)4-7-24(30)31/h1-7,12-15H,8-11H2,(H,27,28)(H,30,31). The van der Waals surface area contributed by atoms with Crippen LogP contribution in [-0.4, -0.2) is 42.4 Å². The fraction of sp³-hybridized carbons (Fsp3) is 0.167. The fourth-order valence-corrected chi connectivity index (χ4v) is 3.68. The highest BCUT2D eigenvalue weighted by atomic mass is 35.5. The second-order valence-electron chi connectivity index (χ2n) is 7.24. The molecule has 1 saturated heterocycles. The normalized spacial score (nSPS) is 14.0. The summed E-state index contributed by atoms with van der Waals surface area (Å²) in [6, 6.07) is 14.0. The quantitative estimate of drug-likeness (QED) is 0.498. The molecule has 0 unspecified atom stereocenters. The summed E-state index contributed by atoms with van der Waals surface area (Å²) < 4.78 is 19.0. The maximum Gasteiger partial charge on any atom is 0.328 e. The third-order valence-electron chi connectivity index (χ3n) is 5.04. The molecule has 0 radical (unpaired) electrons. The van der Waals surface area contributed by atoms with E-state index >= 15 is 0 Å². The highest BCUT2D eigenvalue weighted by molar-refractivity contribution is 6.31. The van der Waals surface area contributed by atoms with Crippen LogP contribution in [0.3, 0.4) is 0 Å². The summed E-state index contributed by atoms with van der Waals surface area (Å²) in [6.45, 7) is 2.72. The van der Waals surface area contributed by atoms with Crippen LogP contribution in [0.2, 0.25) is 5.02 Å². The van der Waals surface area contributed by atoms with Crippen LogP contribution in [-0.2, 0) is 9.53 Å². The molecule has 2 aromatic carbocycles. The van der Waals surface area contributed by atoms with E-state index in [9.17, 15) is 9.18 Å². The summed E-state index contributed by atoms with van der Waals surface area (Å²) in [6.07, 6.45) is 4.45. The Hall–Kier alpha value is -3.42. The Bertz CT molecular complexity index is 1160. The van der Waals surface area contributed by atoms with Crippen LogP contribution in [0.15, 0.2) is 60.8 Å².